The second-order valence-corrected chi connectivity index (χ2v) is 6.74. The van der Waals surface area contributed by atoms with E-state index in [0.29, 0.717) is 38.3 Å². The van der Waals surface area contributed by atoms with Crippen LogP contribution < -0.4 is 4.74 Å². The van der Waals surface area contributed by atoms with Crippen LogP contribution in [0, 0.1) is 0 Å². The fourth-order valence-electron chi connectivity index (χ4n) is 3.64. The zero-order chi connectivity index (χ0) is 18.8. The molecule has 3 amide bonds. The molecular weight excluding hydrogens is 346 g/mol. The molecule has 0 spiro atoms. The third kappa shape index (κ3) is 3.42. The van der Waals surface area contributed by atoms with Crippen LogP contribution in [0.1, 0.15) is 15.9 Å². The zero-order valence-electron chi connectivity index (χ0n) is 15.1. The van der Waals surface area contributed by atoms with Crippen LogP contribution in [0.3, 0.4) is 0 Å². The van der Waals surface area contributed by atoms with E-state index in [1.54, 1.807) is 12.0 Å². The molecule has 3 heterocycles. The number of rotatable bonds is 4. The Hall–Kier alpha value is -3.16. The maximum absolute atomic E-state index is 12.7. The van der Waals surface area contributed by atoms with Crippen molar-refractivity contribution in [2.75, 3.05) is 33.3 Å². The summed E-state index contributed by atoms with van der Waals surface area (Å²) in [6.45, 7) is 2.75. The van der Waals surface area contributed by atoms with E-state index in [0.717, 1.165) is 11.3 Å². The number of benzene rings is 1. The molecule has 8 heteroatoms. The zero-order valence-corrected chi connectivity index (χ0v) is 15.1. The van der Waals surface area contributed by atoms with Crippen molar-refractivity contribution in [3.63, 3.8) is 0 Å². The van der Waals surface area contributed by atoms with Gasteiger partial charge in [0, 0.05) is 45.1 Å². The van der Waals surface area contributed by atoms with Crippen LogP contribution in [-0.4, -0.2) is 75.9 Å². The summed E-state index contributed by atoms with van der Waals surface area (Å²) in [7, 11) is 1.63. The van der Waals surface area contributed by atoms with Gasteiger partial charge in [0.15, 0.2) is 0 Å². The van der Waals surface area contributed by atoms with Crippen LogP contribution in [0.2, 0.25) is 0 Å². The first-order valence-electron chi connectivity index (χ1n) is 8.88. The largest absolute Gasteiger partial charge is 0.497 e. The van der Waals surface area contributed by atoms with Gasteiger partial charge < -0.3 is 19.4 Å². The highest BCUT2D eigenvalue weighted by Gasteiger charge is 2.41. The summed E-state index contributed by atoms with van der Waals surface area (Å²) >= 11 is 0. The molecule has 4 rings (SSSR count). The van der Waals surface area contributed by atoms with Crippen molar-refractivity contribution in [3.8, 4) is 5.75 Å². The fourth-order valence-corrected chi connectivity index (χ4v) is 3.64. The average molecular weight is 367 g/mol. The van der Waals surface area contributed by atoms with Crippen molar-refractivity contribution >= 4 is 11.9 Å². The van der Waals surface area contributed by atoms with Crippen LogP contribution >= 0.6 is 0 Å². The minimum atomic E-state index is -0.0868. The number of carbonyl (C=O) groups is 2. The van der Waals surface area contributed by atoms with Crippen molar-refractivity contribution in [3.05, 3.63) is 54.1 Å². The number of ether oxygens (including phenoxy) is 1. The molecule has 1 unspecified atom stereocenters. The molecule has 8 nitrogen and oxygen atoms in total. The van der Waals surface area contributed by atoms with Crippen molar-refractivity contribution in [2.24, 2.45) is 0 Å². The molecule has 2 aromatic rings. The maximum atomic E-state index is 12.7. The summed E-state index contributed by atoms with van der Waals surface area (Å²) in [6, 6.07) is 7.77. The first-order valence-corrected chi connectivity index (χ1v) is 8.88. The van der Waals surface area contributed by atoms with Crippen LogP contribution in [-0.2, 0) is 6.54 Å². The number of hydrogen-bond acceptors (Lipinski definition) is 5. The van der Waals surface area contributed by atoms with E-state index in [-0.39, 0.29) is 18.0 Å². The molecule has 140 valence electrons. The highest BCUT2D eigenvalue weighted by Crippen LogP contribution is 2.24. The lowest BCUT2D eigenvalue weighted by molar-refractivity contribution is 0.0616. The second kappa shape index (κ2) is 7.22. The quantitative estimate of drug-likeness (QED) is 0.813. The van der Waals surface area contributed by atoms with E-state index < -0.39 is 0 Å². The van der Waals surface area contributed by atoms with Gasteiger partial charge in [0.2, 0.25) is 0 Å². The van der Waals surface area contributed by atoms with Crippen LogP contribution in [0.4, 0.5) is 4.79 Å². The molecule has 2 fully saturated rings. The average Bonchev–Trinajstić information content (AvgIpc) is 3.03. The Morgan fingerprint density at radius 2 is 1.89 bits per heavy atom. The van der Waals surface area contributed by atoms with Crippen LogP contribution in [0.5, 0.6) is 5.75 Å². The molecule has 1 aromatic heterocycles. The molecule has 2 saturated heterocycles. The van der Waals surface area contributed by atoms with Crippen LogP contribution in [0.15, 0.2) is 43.0 Å². The Kier molecular flexibility index (Phi) is 4.62. The normalized spacial score (nSPS) is 19.2. The van der Waals surface area contributed by atoms with E-state index in [2.05, 4.69) is 9.97 Å². The minimum absolute atomic E-state index is 0.0121. The van der Waals surface area contributed by atoms with Gasteiger partial charge in [-0.15, -0.1) is 0 Å². The minimum Gasteiger partial charge on any atom is -0.497 e. The molecule has 2 aliphatic heterocycles. The summed E-state index contributed by atoms with van der Waals surface area (Å²) in [5.74, 6) is 0.708. The first kappa shape index (κ1) is 17.3. The summed E-state index contributed by atoms with van der Waals surface area (Å²) in [5.41, 5.74) is 1.53. The van der Waals surface area contributed by atoms with Crippen molar-refractivity contribution < 1.29 is 14.3 Å². The Morgan fingerprint density at radius 3 is 2.59 bits per heavy atom. The van der Waals surface area contributed by atoms with E-state index in [4.69, 9.17) is 4.74 Å². The Morgan fingerprint density at radius 1 is 1.15 bits per heavy atom. The van der Waals surface area contributed by atoms with E-state index in [1.165, 1.54) is 18.7 Å². The monoisotopic (exact) mass is 367 g/mol. The number of carbonyl (C=O) groups excluding carboxylic acids is 2. The van der Waals surface area contributed by atoms with E-state index in [1.807, 2.05) is 34.1 Å². The van der Waals surface area contributed by atoms with Gasteiger partial charge in [0.25, 0.3) is 5.91 Å². The summed E-state index contributed by atoms with van der Waals surface area (Å²) in [4.78, 5) is 38.6. The van der Waals surface area contributed by atoms with Crippen molar-refractivity contribution in [1.29, 1.82) is 0 Å². The molecule has 0 saturated carbocycles. The van der Waals surface area contributed by atoms with Crippen LogP contribution in [0.25, 0.3) is 0 Å². The number of piperazine rings is 1. The highest BCUT2D eigenvalue weighted by atomic mass is 16.5. The maximum Gasteiger partial charge on any atom is 0.320 e. The Labute approximate surface area is 157 Å². The predicted molar refractivity (Wildman–Crippen MR) is 97.2 cm³/mol. The highest BCUT2D eigenvalue weighted by molar-refractivity contribution is 5.94. The molecule has 0 radical (unpaired) electrons. The number of aromatic nitrogens is 2. The molecular formula is C19H21N5O3. The Bertz CT molecular complexity index is 827. The van der Waals surface area contributed by atoms with E-state index >= 15 is 0 Å². The topological polar surface area (TPSA) is 78.9 Å². The number of urea groups is 1. The molecule has 0 aliphatic carbocycles. The number of fused-ring (bicyclic) bond motifs is 1. The molecule has 0 bridgehead atoms. The molecule has 27 heavy (non-hydrogen) atoms. The molecule has 1 atom stereocenters. The number of methoxy groups -OCH3 is 1. The first-order chi connectivity index (χ1) is 13.2. The predicted octanol–water partition coefficient (Wildman–Crippen LogP) is 1.25. The van der Waals surface area contributed by atoms with Crippen molar-refractivity contribution in [1.82, 2.24) is 24.7 Å². The van der Waals surface area contributed by atoms with Gasteiger partial charge in [0.1, 0.15) is 12.1 Å². The Balaban J connectivity index is 1.41. The SMILES string of the molecule is COc1ccc(CN2CC3CN(C(=O)c4cncnc4)CCN3C2=O)cc1. The van der Waals surface area contributed by atoms with Gasteiger partial charge in [-0.3, -0.25) is 4.79 Å². The molecule has 2 aliphatic rings. The third-order valence-corrected chi connectivity index (χ3v) is 5.06. The molecule has 1 aromatic carbocycles. The van der Waals surface area contributed by atoms with Gasteiger partial charge in [-0.05, 0) is 17.7 Å². The lowest BCUT2D eigenvalue weighted by atomic mass is 10.1. The third-order valence-electron chi connectivity index (χ3n) is 5.06. The number of amides is 3. The summed E-state index contributed by atoms with van der Waals surface area (Å²) < 4.78 is 5.17. The van der Waals surface area contributed by atoms with Gasteiger partial charge in [-0.1, -0.05) is 12.1 Å². The van der Waals surface area contributed by atoms with Gasteiger partial charge in [-0.25, -0.2) is 14.8 Å². The summed E-state index contributed by atoms with van der Waals surface area (Å²) in [6.07, 6.45) is 4.45. The standard InChI is InChI=1S/C19H21N5O3/c1-27-17-4-2-14(3-5-17)10-23-12-16-11-22(6-7-24(16)19(23)26)18(25)15-8-20-13-21-9-15/h2-5,8-9,13,16H,6-7,10-12H2,1H3. The molecule has 0 N–H and O–H groups in total. The summed E-state index contributed by atoms with van der Waals surface area (Å²) in [5, 5.41) is 0. The van der Waals surface area contributed by atoms with Gasteiger partial charge in [0.05, 0.1) is 18.7 Å². The lowest BCUT2D eigenvalue weighted by Crippen LogP contribution is -2.53. The number of nitrogens with zero attached hydrogens (tertiary/aromatic N) is 5. The van der Waals surface area contributed by atoms with E-state index in [9.17, 15) is 9.59 Å². The van der Waals surface area contributed by atoms with Gasteiger partial charge >= 0.3 is 6.03 Å². The fraction of sp³-hybridized carbons (Fsp3) is 0.368. The smallest absolute Gasteiger partial charge is 0.320 e. The number of hydrogen-bond donors (Lipinski definition) is 0. The van der Waals surface area contributed by atoms with Gasteiger partial charge in [-0.2, -0.15) is 0 Å². The lowest BCUT2D eigenvalue weighted by Gasteiger charge is -2.36. The second-order valence-electron chi connectivity index (χ2n) is 6.74. The van der Waals surface area contributed by atoms with Crippen molar-refractivity contribution in [2.45, 2.75) is 12.6 Å².